The third kappa shape index (κ3) is 6.38. The van der Waals surface area contributed by atoms with E-state index in [1.54, 1.807) is 0 Å². The Morgan fingerprint density at radius 2 is 0.746 bits per heavy atom. The number of hydrogen-bond acceptors (Lipinski definition) is 3. The van der Waals surface area contributed by atoms with Crippen LogP contribution >= 0.6 is 0 Å². The largest absolute Gasteiger partial charge is 0.454 e. The lowest BCUT2D eigenvalue weighted by molar-refractivity contribution is 0.488. The van der Waals surface area contributed by atoms with Crippen molar-refractivity contribution in [3.63, 3.8) is 0 Å². The SMILES string of the molecule is c1ccc(N(c2ccccc2)c2ccc3c(c2)Oc2c(N(c4ccc(-c5cccc6ccccc56)cc4)c4ccc(-c5cccc6ccccc56)cc4)ccc4cccc-3c24)cc1. The van der Waals surface area contributed by atoms with Gasteiger partial charge in [0, 0.05) is 45.5 Å². The highest BCUT2D eigenvalue weighted by molar-refractivity contribution is 6.09. The molecule has 1 heterocycles. The van der Waals surface area contributed by atoms with E-state index < -0.39 is 0 Å². The Balaban J connectivity index is 1.02. The second-order valence-corrected chi connectivity index (χ2v) is 16.1. The molecule has 3 nitrogen and oxygen atoms in total. The van der Waals surface area contributed by atoms with Crippen molar-refractivity contribution in [2.24, 2.45) is 0 Å². The summed E-state index contributed by atoms with van der Waals surface area (Å²) in [7, 11) is 0. The van der Waals surface area contributed by atoms with E-state index >= 15 is 0 Å². The first-order valence-corrected chi connectivity index (χ1v) is 21.5. The van der Waals surface area contributed by atoms with Gasteiger partial charge in [-0.1, -0.05) is 170 Å². The highest BCUT2D eigenvalue weighted by atomic mass is 16.5. The lowest BCUT2D eigenvalue weighted by Gasteiger charge is -2.32. The van der Waals surface area contributed by atoms with Gasteiger partial charge in [0.25, 0.3) is 0 Å². The third-order valence-electron chi connectivity index (χ3n) is 12.4. The molecule has 296 valence electrons. The number of anilines is 6. The summed E-state index contributed by atoms with van der Waals surface area (Å²) >= 11 is 0. The standard InChI is InChI=1S/C60H40N2O/c1-3-19-46(20-4-1)61(47-21-5-2-6-22-47)50-37-38-55-56-27-13-18-45-32-39-57(60(59(45)56)63-58(55)40-50)62(48-33-28-43(29-34-48)53-25-11-16-41-14-7-9-23-51(41)53)49-35-30-44(31-36-49)54-26-12-17-42-15-8-10-24-52(42)54/h1-40H. The van der Waals surface area contributed by atoms with Gasteiger partial charge in [0.1, 0.15) is 5.75 Å². The van der Waals surface area contributed by atoms with Gasteiger partial charge in [0.15, 0.2) is 5.75 Å². The predicted molar refractivity (Wildman–Crippen MR) is 265 cm³/mol. The minimum atomic E-state index is 0.814. The fourth-order valence-electron chi connectivity index (χ4n) is 9.47. The summed E-state index contributed by atoms with van der Waals surface area (Å²) in [5.74, 6) is 1.64. The molecule has 11 aromatic carbocycles. The maximum atomic E-state index is 7.28. The van der Waals surface area contributed by atoms with Gasteiger partial charge in [-0.25, -0.2) is 0 Å². The molecule has 0 bridgehead atoms. The van der Waals surface area contributed by atoms with Crippen LogP contribution in [-0.4, -0.2) is 0 Å². The van der Waals surface area contributed by atoms with Crippen molar-refractivity contribution >= 4 is 66.4 Å². The van der Waals surface area contributed by atoms with E-state index in [4.69, 9.17) is 4.74 Å². The molecule has 0 fully saturated rings. The predicted octanol–water partition coefficient (Wildman–Crippen LogP) is 17.2. The van der Waals surface area contributed by atoms with Crippen LogP contribution in [0.25, 0.3) is 65.7 Å². The molecule has 0 aliphatic carbocycles. The molecule has 1 aliphatic heterocycles. The third-order valence-corrected chi connectivity index (χ3v) is 12.4. The van der Waals surface area contributed by atoms with Gasteiger partial charge < -0.3 is 14.5 Å². The van der Waals surface area contributed by atoms with E-state index in [2.05, 4.69) is 252 Å². The molecular formula is C60H40N2O. The molecule has 0 N–H and O–H groups in total. The molecule has 0 spiro atoms. The Morgan fingerprint density at radius 1 is 0.286 bits per heavy atom. The van der Waals surface area contributed by atoms with Crippen LogP contribution in [0.15, 0.2) is 243 Å². The molecule has 0 saturated carbocycles. The first-order valence-electron chi connectivity index (χ1n) is 21.5. The fraction of sp³-hybridized carbons (Fsp3) is 0. The molecular weight excluding hydrogens is 765 g/mol. The number of rotatable bonds is 8. The van der Waals surface area contributed by atoms with Crippen molar-refractivity contribution in [2.45, 2.75) is 0 Å². The summed E-state index contributed by atoms with van der Waals surface area (Å²) < 4.78 is 7.28. The molecule has 0 atom stereocenters. The lowest BCUT2D eigenvalue weighted by Crippen LogP contribution is -2.13. The monoisotopic (exact) mass is 804 g/mol. The van der Waals surface area contributed by atoms with Gasteiger partial charge in [0.05, 0.1) is 5.69 Å². The number of nitrogens with zero attached hydrogens (tertiary/aromatic N) is 2. The second kappa shape index (κ2) is 15.3. The van der Waals surface area contributed by atoms with Gasteiger partial charge in [0.2, 0.25) is 0 Å². The smallest absolute Gasteiger partial charge is 0.159 e. The maximum absolute atomic E-state index is 7.28. The number of fused-ring (bicyclic) bond motifs is 4. The first kappa shape index (κ1) is 36.5. The van der Waals surface area contributed by atoms with Gasteiger partial charge in [-0.2, -0.15) is 0 Å². The molecule has 0 amide bonds. The van der Waals surface area contributed by atoms with Gasteiger partial charge in [-0.15, -0.1) is 0 Å². The van der Waals surface area contributed by atoms with Crippen LogP contribution in [0, 0.1) is 0 Å². The van der Waals surface area contributed by atoms with Crippen molar-refractivity contribution in [1.29, 1.82) is 0 Å². The zero-order valence-corrected chi connectivity index (χ0v) is 34.4. The summed E-state index contributed by atoms with van der Waals surface area (Å²) in [6, 6.07) is 86.9. The molecule has 0 unspecified atom stereocenters. The van der Waals surface area contributed by atoms with Gasteiger partial charge in [-0.3, -0.25) is 0 Å². The lowest BCUT2D eigenvalue weighted by atomic mass is 9.93. The van der Waals surface area contributed by atoms with E-state index in [1.165, 1.54) is 43.8 Å². The van der Waals surface area contributed by atoms with Crippen LogP contribution in [0.1, 0.15) is 0 Å². The van der Waals surface area contributed by atoms with Crippen molar-refractivity contribution in [3.05, 3.63) is 243 Å². The minimum Gasteiger partial charge on any atom is -0.454 e. The Morgan fingerprint density at radius 3 is 1.32 bits per heavy atom. The number of hydrogen-bond donors (Lipinski definition) is 0. The van der Waals surface area contributed by atoms with E-state index in [0.29, 0.717) is 0 Å². The van der Waals surface area contributed by atoms with Crippen LogP contribution in [0.3, 0.4) is 0 Å². The van der Waals surface area contributed by atoms with Crippen LogP contribution in [0.5, 0.6) is 11.5 Å². The van der Waals surface area contributed by atoms with Crippen LogP contribution in [0.4, 0.5) is 34.1 Å². The van der Waals surface area contributed by atoms with Crippen molar-refractivity contribution in [1.82, 2.24) is 0 Å². The Kier molecular flexibility index (Phi) is 8.83. The number of para-hydroxylation sites is 2. The van der Waals surface area contributed by atoms with Gasteiger partial charge >= 0.3 is 0 Å². The average molecular weight is 805 g/mol. The fourth-order valence-corrected chi connectivity index (χ4v) is 9.47. The summed E-state index contributed by atoms with van der Waals surface area (Å²) in [6.45, 7) is 0. The topological polar surface area (TPSA) is 15.7 Å². The van der Waals surface area contributed by atoms with Crippen LogP contribution in [-0.2, 0) is 0 Å². The molecule has 63 heavy (non-hydrogen) atoms. The quantitative estimate of drug-likeness (QED) is 0.152. The summed E-state index contributed by atoms with van der Waals surface area (Å²) in [5, 5.41) is 7.18. The average Bonchev–Trinajstić information content (AvgIpc) is 3.35. The van der Waals surface area contributed by atoms with E-state index in [1.807, 2.05) is 0 Å². The highest BCUT2D eigenvalue weighted by Gasteiger charge is 2.28. The molecule has 0 aromatic heterocycles. The number of ether oxygens (including phenoxy) is 1. The van der Waals surface area contributed by atoms with Crippen molar-refractivity contribution in [3.8, 4) is 44.9 Å². The molecule has 0 saturated heterocycles. The Bertz CT molecular complexity index is 3300. The molecule has 3 heteroatoms. The van der Waals surface area contributed by atoms with Crippen molar-refractivity contribution < 1.29 is 4.74 Å². The molecule has 1 aliphatic rings. The summed E-state index contributed by atoms with van der Waals surface area (Å²) in [5.41, 5.74) is 13.2. The zero-order chi connectivity index (χ0) is 41.7. The zero-order valence-electron chi connectivity index (χ0n) is 34.4. The molecule has 11 aromatic rings. The summed E-state index contributed by atoms with van der Waals surface area (Å²) in [6.07, 6.45) is 0. The maximum Gasteiger partial charge on any atom is 0.159 e. The van der Waals surface area contributed by atoms with E-state index in [0.717, 1.165) is 67.5 Å². The van der Waals surface area contributed by atoms with E-state index in [9.17, 15) is 0 Å². The summed E-state index contributed by atoms with van der Waals surface area (Å²) in [4.78, 5) is 4.63. The second-order valence-electron chi connectivity index (χ2n) is 16.1. The Hall–Kier alpha value is -8.40. The van der Waals surface area contributed by atoms with Crippen LogP contribution in [0.2, 0.25) is 0 Å². The first-order chi connectivity index (χ1) is 31.2. The Labute approximate surface area is 367 Å². The van der Waals surface area contributed by atoms with Crippen molar-refractivity contribution in [2.75, 3.05) is 9.80 Å². The van der Waals surface area contributed by atoms with Crippen LogP contribution < -0.4 is 14.5 Å². The molecule has 12 rings (SSSR count). The van der Waals surface area contributed by atoms with Gasteiger partial charge in [-0.05, 0) is 121 Å². The van der Waals surface area contributed by atoms with E-state index in [-0.39, 0.29) is 0 Å². The normalized spacial score (nSPS) is 11.6. The molecule has 0 radical (unpaired) electrons. The highest BCUT2D eigenvalue weighted by Crippen LogP contribution is 2.54. The minimum absolute atomic E-state index is 0.814. The number of benzene rings is 11.